The molecule has 0 radical (unpaired) electrons. The smallest absolute Gasteiger partial charge is 0.323 e. The minimum atomic E-state index is -0.476. The van der Waals surface area contributed by atoms with E-state index in [1.807, 2.05) is 0 Å². The Bertz CT molecular complexity index is 239. The summed E-state index contributed by atoms with van der Waals surface area (Å²) in [7, 11) is 1.64. The van der Waals surface area contributed by atoms with Gasteiger partial charge in [-0.1, -0.05) is 0 Å². The van der Waals surface area contributed by atoms with E-state index >= 15 is 0 Å². The monoisotopic (exact) mass is 214 g/mol. The van der Waals surface area contributed by atoms with Crippen molar-refractivity contribution in [1.82, 2.24) is 5.32 Å². The molecule has 15 heavy (non-hydrogen) atoms. The molecule has 0 aliphatic heterocycles. The molecule has 2 N–H and O–H groups in total. The number of nitrogens with one attached hydrogen (secondary N) is 2. The second kappa shape index (κ2) is 7.11. The molecule has 5 heteroatoms. The van der Waals surface area contributed by atoms with Crippen molar-refractivity contribution in [2.45, 2.75) is 38.8 Å². The van der Waals surface area contributed by atoms with E-state index in [2.05, 4.69) is 5.32 Å². The van der Waals surface area contributed by atoms with Gasteiger partial charge in [0.05, 0.1) is 12.3 Å². The molecular weight excluding hydrogens is 196 g/mol. The Labute approximate surface area is 89.7 Å². The minimum Gasteiger partial charge on any atom is -0.462 e. The normalized spacial score (nSPS) is 12.3. The van der Waals surface area contributed by atoms with Crippen LogP contribution in [0.2, 0.25) is 0 Å². The number of ether oxygens (including phenoxy) is 1. The number of carbonyl (C=O) groups is 2. The number of hydrogen-bond donors (Lipinski definition) is 2. The van der Waals surface area contributed by atoms with Crippen molar-refractivity contribution in [2.75, 3.05) is 7.05 Å². The third-order valence-corrected chi connectivity index (χ3v) is 1.83. The average molecular weight is 214 g/mol. The number of carbonyl (C=O) groups excluding carboxylic acids is 2. The van der Waals surface area contributed by atoms with Gasteiger partial charge in [-0.15, -0.1) is 0 Å². The number of likely N-dealkylation sites (N-methyl/N-ethyl adjacent to an activating group) is 1. The van der Waals surface area contributed by atoms with Gasteiger partial charge in [-0.25, -0.2) is 0 Å². The van der Waals surface area contributed by atoms with Crippen LogP contribution < -0.4 is 5.32 Å². The third-order valence-electron chi connectivity index (χ3n) is 1.83. The summed E-state index contributed by atoms with van der Waals surface area (Å²) in [5.74, 6) is -0.641. The highest BCUT2D eigenvalue weighted by molar-refractivity contribution is 6.26. The Morgan fingerprint density at radius 3 is 2.47 bits per heavy atom. The molecule has 0 aromatic heterocycles. The Balaban J connectivity index is 4.06. The number of Topliss-reactive ketones (excluding diaryl/α,β-unsaturated/α-hetero) is 1. The molecule has 0 bridgehead atoms. The Kier molecular flexibility index (Phi) is 6.53. The van der Waals surface area contributed by atoms with Crippen LogP contribution in [0.1, 0.15) is 26.7 Å². The van der Waals surface area contributed by atoms with E-state index in [-0.39, 0.29) is 24.3 Å². The minimum absolute atomic E-state index is 0.160. The van der Waals surface area contributed by atoms with Gasteiger partial charge in [0.1, 0.15) is 6.04 Å². The summed E-state index contributed by atoms with van der Waals surface area (Å²) in [6.45, 7) is 3.54. The highest BCUT2D eigenvalue weighted by atomic mass is 16.5. The van der Waals surface area contributed by atoms with Gasteiger partial charge in [-0.3, -0.25) is 9.59 Å². The largest absolute Gasteiger partial charge is 0.462 e. The molecule has 1 atom stereocenters. The molecule has 0 saturated carbocycles. The van der Waals surface area contributed by atoms with Crippen LogP contribution in [0.5, 0.6) is 0 Å². The highest BCUT2D eigenvalue weighted by Crippen LogP contribution is 2.02. The van der Waals surface area contributed by atoms with E-state index in [9.17, 15) is 9.59 Å². The first kappa shape index (κ1) is 13.8. The molecule has 0 aromatic carbocycles. The van der Waals surface area contributed by atoms with Crippen molar-refractivity contribution in [3.8, 4) is 0 Å². The van der Waals surface area contributed by atoms with Crippen molar-refractivity contribution in [2.24, 2.45) is 0 Å². The molecular formula is C10H18N2O3. The maximum atomic E-state index is 11.4. The summed E-state index contributed by atoms with van der Waals surface area (Å²) in [6.07, 6.45) is 1.14. The van der Waals surface area contributed by atoms with Gasteiger partial charge in [0.15, 0.2) is 5.78 Å². The molecule has 0 saturated heterocycles. The Morgan fingerprint density at radius 1 is 1.47 bits per heavy atom. The number of esters is 1. The second-order valence-corrected chi connectivity index (χ2v) is 3.48. The fraction of sp³-hybridized carbons (Fsp3) is 0.700. The molecule has 86 valence electrons. The summed E-state index contributed by atoms with van der Waals surface area (Å²) in [5, 5.41) is 9.50. The van der Waals surface area contributed by atoms with Crippen LogP contribution in [0, 0.1) is 5.41 Å². The van der Waals surface area contributed by atoms with E-state index in [0.717, 1.165) is 6.21 Å². The van der Waals surface area contributed by atoms with Crippen LogP contribution in [0.3, 0.4) is 0 Å². The van der Waals surface area contributed by atoms with Crippen LogP contribution in [-0.2, 0) is 14.3 Å². The Hall–Kier alpha value is -1.23. The van der Waals surface area contributed by atoms with Gasteiger partial charge < -0.3 is 15.5 Å². The first-order valence-corrected chi connectivity index (χ1v) is 4.92. The molecule has 0 aliphatic rings. The molecule has 0 amide bonds. The lowest BCUT2D eigenvalue weighted by Crippen LogP contribution is -2.37. The molecule has 5 nitrogen and oxygen atoms in total. The summed E-state index contributed by atoms with van der Waals surface area (Å²) >= 11 is 0. The zero-order valence-corrected chi connectivity index (χ0v) is 9.37. The predicted molar refractivity (Wildman–Crippen MR) is 57.1 cm³/mol. The van der Waals surface area contributed by atoms with Crippen LogP contribution in [-0.4, -0.2) is 37.2 Å². The molecule has 0 spiro atoms. The third kappa shape index (κ3) is 5.96. The summed E-state index contributed by atoms with van der Waals surface area (Å²) in [5.41, 5.74) is 0. The molecule has 0 aromatic rings. The van der Waals surface area contributed by atoms with Crippen LogP contribution >= 0.6 is 0 Å². The predicted octanol–water partition coefficient (Wildman–Crippen LogP) is 0.525. The van der Waals surface area contributed by atoms with E-state index < -0.39 is 6.04 Å². The van der Waals surface area contributed by atoms with Gasteiger partial charge >= 0.3 is 5.97 Å². The quantitative estimate of drug-likeness (QED) is 0.478. The SMILES string of the molecule is CNC(CCC(=O)C=N)C(=O)OC(C)C. The number of rotatable bonds is 7. The standard InChI is InChI=1S/C10H18N2O3/c1-7(2)15-10(14)9(12-3)5-4-8(13)6-11/h6-7,9,11-12H,4-5H2,1-3H3. The highest BCUT2D eigenvalue weighted by Gasteiger charge is 2.19. The Morgan fingerprint density at radius 2 is 2.07 bits per heavy atom. The van der Waals surface area contributed by atoms with Gasteiger partial charge in [-0.2, -0.15) is 0 Å². The fourth-order valence-corrected chi connectivity index (χ4v) is 1.05. The first-order chi connectivity index (χ1) is 7.01. The van der Waals surface area contributed by atoms with E-state index in [1.165, 1.54) is 0 Å². The lowest BCUT2D eigenvalue weighted by atomic mass is 10.1. The van der Waals surface area contributed by atoms with Crippen molar-refractivity contribution < 1.29 is 14.3 Å². The molecule has 0 aliphatic carbocycles. The number of ketones is 1. The van der Waals surface area contributed by atoms with Crippen molar-refractivity contribution in [1.29, 1.82) is 5.41 Å². The van der Waals surface area contributed by atoms with Crippen LogP contribution in [0.15, 0.2) is 0 Å². The summed E-state index contributed by atoms with van der Waals surface area (Å²) in [4.78, 5) is 22.3. The van der Waals surface area contributed by atoms with Crippen LogP contribution in [0.25, 0.3) is 0 Å². The van der Waals surface area contributed by atoms with Crippen molar-refractivity contribution in [3.63, 3.8) is 0 Å². The summed E-state index contributed by atoms with van der Waals surface area (Å²) < 4.78 is 5.00. The lowest BCUT2D eigenvalue weighted by Gasteiger charge is -2.16. The summed E-state index contributed by atoms with van der Waals surface area (Å²) in [6, 6.07) is -0.476. The maximum absolute atomic E-state index is 11.4. The second-order valence-electron chi connectivity index (χ2n) is 3.48. The molecule has 0 heterocycles. The van der Waals surface area contributed by atoms with Gasteiger partial charge in [0.25, 0.3) is 0 Å². The van der Waals surface area contributed by atoms with Gasteiger partial charge in [0, 0.05) is 6.42 Å². The van der Waals surface area contributed by atoms with Crippen molar-refractivity contribution in [3.05, 3.63) is 0 Å². The maximum Gasteiger partial charge on any atom is 0.323 e. The van der Waals surface area contributed by atoms with E-state index in [0.29, 0.717) is 6.42 Å². The van der Waals surface area contributed by atoms with E-state index in [4.69, 9.17) is 10.1 Å². The van der Waals surface area contributed by atoms with Gasteiger partial charge in [0.2, 0.25) is 0 Å². The lowest BCUT2D eigenvalue weighted by molar-refractivity contribution is -0.150. The zero-order valence-electron chi connectivity index (χ0n) is 9.37. The fourth-order valence-electron chi connectivity index (χ4n) is 1.05. The molecule has 0 rings (SSSR count). The average Bonchev–Trinajstić information content (AvgIpc) is 2.17. The zero-order chi connectivity index (χ0) is 11.8. The van der Waals surface area contributed by atoms with Crippen LogP contribution in [0.4, 0.5) is 0 Å². The molecule has 1 unspecified atom stereocenters. The van der Waals surface area contributed by atoms with Crippen molar-refractivity contribution >= 4 is 18.0 Å². The first-order valence-electron chi connectivity index (χ1n) is 4.92. The number of hydrogen-bond acceptors (Lipinski definition) is 5. The molecule has 0 fully saturated rings. The van der Waals surface area contributed by atoms with E-state index in [1.54, 1.807) is 20.9 Å². The van der Waals surface area contributed by atoms with Gasteiger partial charge in [-0.05, 0) is 27.3 Å². The topological polar surface area (TPSA) is 79.3 Å².